The highest BCUT2D eigenvalue weighted by atomic mass is 32.5. The summed E-state index contributed by atoms with van der Waals surface area (Å²) in [6.45, 7) is -8.12. The van der Waals surface area contributed by atoms with Gasteiger partial charge in [-0.25, -0.2) is 38.7 Å². The number of hydrogen-bond donors (Lipinski definition) is 3. The molecule has 0 aliphatic carbocycles. The number of aromatic nitrogens is 8. The molecule has 0 spiro atoms. The van der Waals surface area contributed by atoms with Crippen LogP contribution in [0.15, 0.2) is 25.3 Å². The highest BCUT2D eigenvalue weighted by Gasteiger charge is 2.53. The van der Waals surface area contributed by atoms with E-state index < -0.39 is 75.9 Å². The first-order chi connectivity index (χ1) is 20.9. The van der Waals surface area contributed by atoms with Gasteiger partial charge in [-0.1, -0.05) is 0 Å². The summed E-state index contributed by atoms with van der Waals surface area (Å²) in [6.07, 6.45) is -7.48. The van der Waals surface area contributed by atoms with Gasteiger partial charge >= 0.3 is 13.4 Å². The van der Waals surface area contributed by atoms with E-state index in [0.29, 0.717) is 16.9 Å². The van der Waals surface area contributed by atoms with Crippen molar-refractivity contribution >= 4 is 65.2 Å². The van der Waals surface area contributed by atoms with Crippen molar-refractivity contribution in [1.29, 1.82) is 0 Å². The molecular formula is C21H23F2N9O8P2S2. The number of anilines is 1. The summed E-state index contributed by atoms with van der Waals surface area (Å²) in [5, 5.41) is 0. The number of ether oxygens (including phenoxy) is 2. The Morgan fingerprint density at radius 1 is 0.795 bits per heavy atom. The summed E-state index contributed by atoms with van der Waals surface area (Å²) in [6, 6.07) is 0. The van der Waals surface area contributed by atoms with Gasteiger partial charge in [-0.05, 0) is 30.5 Å². The lowest BCUT2D eigenvalue weighted by Gasteiger charge is -2.27. The van der Waals surface area contributed by atoms with Gasteiger partial charge in [-0.3, -0.25) is 18.2 Å². The minimum atomic E-state index is -4.27. The van der Waals surface area contributed by atoms with Crippen molar-refractivity contribution in [3.63, 3.8) is 0 Å². The second-order valence-electron chi connectivity index (χ2n) is 10.1. The Morgan fingerprint density at radius 3 is 1.82 bits per heavy atom. The first-order valence-electron chi connectivity index (χ1n) is 12.9. The van der Waals surface area contributed by atoms with E-state index in [2.05, 4.69) is 29.9 Å². The molecule has 23 heteroatoms. The third-order valence-electron chi connectivity index (χ3n) is 7.32. The second kappa shape index (κ2) is 11.2. The van der Waals surface area contributed by atoms with Crippen LogP contribution in [0.1, 0.15) is 18.1 Å². The SMILES string of the molecule is Cc1ncnc2c1ncn2[C@@H]1O[C@@H]2COP(O)(=S)O[C@@H]3[C@H](F)[C@@H](COP(O)(=S)O[C@@H]1[C@@H]2F)O[C@H]3n1cnc2c(N)ncnc21. The molecule has 0 saturated carbocycles. The fourth-order valence-corrected chi connectivity index (χ4v) is 8.06. The third-order valence-corrected chi connectivity index (χ3v) is 10.4. The number of fused-ring (bicyclic) bond motifs is 6. The number of imidazole rings is 2. The standard InChI is InChI=1S/C21H23F2N9O8P2S2/c1-8-13-18(27-4-25-8)31(6-29-13)20-15-11(22)9(37-20)2-35-42(34,44)40-16-12(23)10(3-36-41(33,43)39-15)38-21(16)32-7-30-14-17(24)26-5-28-19(14)32/h4-7,9-12,15-16,20-21H,2-3H2,1H3,(H,33,43)(H,34,44)(H2,24,26,28)/t9-,10-,11-,12-,15-,16-,20-,21-,41?,42?/m1/s1. The number of nitrogens with two attached hydrogens (primary N) is 1. The summed E-state index contributed by atoms with van der Waals surface area (Å²) in [5.41, 5.74) is 7.53. The maximum Gasteiger partial charge on any atom is 0.325 e. The van der Waals surface area contributed by atoms with E-state index in [1.54, 1.807) is 6.92 Å². The molecule has 0 aromatic carbocycles. The van der Waals surface area contributed by atoms with E-state index in [4.69, 9.17) is 56.9 Å². The zero-order valence-corrected chi connectivity index (χ0v) is 25.7. The molecule has 3 fully saturated rings. The fourth-order valence-electron chi connectivity index (χ4n) is 5.25. The third kappa shape index (κ3) is 5.33. The number of nitrogen functional groups attached to an aromatic ring is 1. The highest BCUT2D eigenvalue weighted by Crippen LogP contribution is 2.54. The summed E-state index contributed by atoms with van der Waals surface area (Å²) in [5.74, 6) is 0.0634. The number of aryl methyl sites for hydroxylation is 1. The zero-order chi connectivity index (χ0) is 31.0. The summed E-state index contributed by atoms with van der Waals surface area (Å²) in [4.78, 5) is 46.7. The largest absolute Gasteiger partial charge is 0.382 e. The average molecular weight is 694 g/mol. The number of halogens is 2. The van der Waals surface area contributed by atoms with Crippen molar-refractivity contribution in [3.8, 4) is 0 Å². The van der Waals surface area contributed by atoms with Gasteiger partial charge in [0.2, 0.25) is 0 Å². The molecule has 3 aliphatic rings. The number of alkyl halides is 2. The molecule has 7 heterocycles. The first-order valence-corrected chi connectivity index (χ1v) is 18.1. The Morgan fingerprint density at radius 2 is 1.27 bits per heavy atom. The van der Waals surface area contributed by atoms with Crippen molar-refractivity contribution in [2.24, 2.45) is 0 Å². The summed E-state index contributed by atoms with van der Waals surface area (Å²) < 4.78 is 68.5. The smallest absolute Gasteiger partial charge is 0.325 e. The molecule has 10 atom stereocenters. The number of hydrogen-bond acceptors (Lipinski definition) is 15. The molecule has 7 rings (SSSR count). The van der Waals surface area contributed by atoms with Crippen LogP contribution in [0.25, 0.3) is 22.3 Å². The van der Waals surface area contributed by atoms with Crippen molar-refractivity contribution in [3.05, 3.63) is 31.0 Å². The molecule has 3 saturated heterocycles. The van der Waals surface area contributed by atoms with Gasteiger partial charge in [0.05, 0.1) is 31.6 Å². The molecule has 4 bridgehead atoms. The molecule has 4 N–H and O–H groups in total. The molecule has 44 heavy (non-hydrogen) atoms. The predicted octanol–water partition coefficient (Wildman–Crippen LogP) is 1.28. The molecule has 3 aliphatic heterocycles. The van der Waals surface area contributed by atoms with Gasteiger partial charge in [0.1, 0.15) is 48.1 Å². The fraction of sp³-hybridized carbons (Fsp3) is 0.524. The van der Waals surface area contributed by atoms with Crippen LogP contribution < -0.4 is 5.73 Å². The first kappa shape index (κ1) is 30.4. The Balaban J connectivity index is 1.22. The molecule has 0 amide bonds. The van der Waals surface area contributed by atoms with Crippen molar-refractivity contribution in [1.82, 2.24) is 39.0 Å². The monoisotopic (exact) mass is 693 g/mol. The molecule has 4 aromatic rings. The molecular weight excluding hydrogens is 670 g/mol. The molecule has 2 unspecified atom stereocenters. The molecule has 236 valence electrons. The Hall–Kier alpha value is -2.26. The molecule has 0 radical (unpaired) electrons. The van der Waals surface area contributed by atoms with E-state index in [1.165, 1.54) is 34.4 Å². The van der Waals surface area contributed by atoms with E-state index in [9.17, 15) is 9.79 Å². The van der Waals surface area contributed by atoms with Crippen LogP contribution in [0.2, 0.25) is 0 Å². The second-order valence-corrected chi connectivity index (χ2v) is 15.6. The maximum absolute atomic E-state index is 15.9. The maximum atomic E-state index is 15.9. The van der Waals surface area contributed by atoms with Gasteiger partial charge in [0.25, 0.3) is 0 Å². The Kier molecular flexibility index (Phi) is 7.75. The molecule has 4 aromatic heterocycles. The van der Waals surface area contributed by atoms with Crippen LogP contribution in [0.4, 0.5) is 14.6 Å². The van der Waals surface area contributed by atoms with E-state index >= 15 is 8.78 Å². The molecule has 17 nitrogen and oxygen atoms in total. The van der Waals surface area contributed by atoms with Crippen LogP contribution in [0, 0.1) is 6.92 Å². The van der Waals surface area contributed by atoms with E-state index in [0.717, 1.165) is 0 Å². The minimum Gasteiger partial charge on any atom is -0.382 e. The van der Waals surface area contributed by atoms with Gasteiger partial charge in [0.15, 0.2) is 41.9 Å². The lowest BCUT2D eigenvalue weighted by Crippen LogP contribution is -2.35. The normalized spacial score (nSPS) is 38.3. The summed E-state index contributed by atoms with van der Waals surface area (Å²) >= 11 is 10.4. The van der Waals surface area contributed by atoms with Crippen molar-refractivity contribution < 1.29 is 46.1 Å². The predicted molar refractivity (Wildman–Crippen MR) is 152 cm³/mol. The highest BCUT2D eigenvalue weighted by molar-refractivity contribution is 8.07. The lowest BCUT2D eigenvalue weighted by molar-refractivity contribution is -0.0608. The van der Waals surface area contributed by atoms with Gasteiger partial charge in [-0.2, -0.15) is 0 Å². The van der Waals surface area contributed by atoms with Crippen LogP contribution >= 0.6 is 13.4 Å². The minimum absolute atomic E-state index is 0.0634. The Labute approximate surface area is 256 Å². The lowest BCUT2D eigenvalue weighted by atomic mass is 10.1. The van der Waals surface area contributed by atoms with E-state index in [1.807, 2.05) is 0 Å². The zero-order valence-electron chi connectivity index (χ0n) is 22.3. The van der Waals surface area contributed by atoms with Gasteiger partial charge < -0.3 is 34.0 Å². The Bertz CT molecular complexity index is 1710. The van der Waals surface area contributed by atoms with E-state index in [-0.39, 0.29) is 17.0 Å². The quantitative estimate of drug-likeness (QED) is 0.253. The number of rotatable bonds is 2. The van der Waals surface area contributed by atoms with Crippen LogP contribution in [-0.4, -0.2) is 98.8 Å². The van der Waals surface area contributed by atoms with Crippen LogP contribution in [0.3, 0.4) is 0 Å². The number of nitrogens with zero attached hydrogens (tertiary/aromatic N) is 8. The topological polar surface area (TPSA) is 209 Å². The average Bonchev–Trinajstić information content (AvgIpc) is 3.73. The van der Waals surface area contributed by atoms with Crippen molar-refractivity contribution in [2.75, 3.05) is 18.9 Å². The van der Waals surface area contributed by atoms with Crippen molar-refractivity contribution in [2.45, 2.75) is 56.1 Å². The van der Waals surface area contributed by atoms with Crippen LogP contribution in [-0.2, 0) is 51.2 Å². The van der Waals surface area contributed by atoms with Gasteiger partial charge in [-0.15, -0.1) is 0 Å². The van der Waals surface area contributed by atoms with Gasteiger partial charge in [0, 0.05) is 0 Å². The van der Waals surface area contributed by atoms with Crippen LogP contribution in [0.5, 0.6) is 0 Å². The summed E-state index contributed by atoms with van der Waals surface area (Å²) in [7, 11) is 0.